The number of alkyl halides is 1. The van der Waals surface area contributed by atoms with Crippen LogP contribution in [-0.4, -0.2) is 17.3 Å². The lowest BCUT2D eigenvalue weighted by Gasteiger charge is -2.01. The second-order valence-corrected chi connectivity index (χ2v) is 2.78. The first kappa shape index (κ1) is 6.20. The molecule has 46 valence electrons. The van der Waals surface area contributed by atoms with E-state index >= 15 is 0 Å². The molecule has 0 aliphatic carbocycles. The van der Waals surface area contributed by atoms with Gasteiger partial charge in [-0.2, -0.15) is 0 Å². The van der Waals surface area contributed by atoms with Crippen LogP contribution in [0.25, 0.3) is 0 Å². The monoisotopic (exact) mass is 179 g/mol. The Morgan fingerprint density at radius 3 is 2.62 bits per heavy atom. The summed E-state index contributed by atoms with van der Waals surface area (Å²) in [6, 6.07) is 0. The molecule has 0 saturated heterocycles. The van der Waals surface area contributed by atoms with E-state index in [9.17, 15) is 4.39 Å². The van der Waals surface area contributed by atoms with E-state index in [0.717, 1.165) is 4.62 Å². The van der Waals surface area contributed by atoms with Gasteiger partial charge in [0.2, 0.25) is 0 Å². The highest BCUT2D eigenvalue weighted by molar-refractivity contribution is 9.18. The number of rotatable bonds is 0. The van der Waals surface area contributed by atoms with Crippen LogP contribution >= 0.6 is 15.9 Å². The third kappa shape index (κ3) is 0.917. The summed E-state index contributed by atoms with van der Waals surface area (Å²) in [5.41, 5.74) is 0. The van der Waals surface area contributed by atoms with Crippen LogP contribution < -0.4 is 0 Å². The summed E-state index contributed by atoms with van der Waals surface area (Å²) in [5, 5.41) is 0. The van der Waals surface area contributed by atoms with E-state index in [1.165, 1.54) is 0 Å². The van der Waals surface area contributed by atoms with Crippen molar-refractivity contribution in [2.45, 2.75) is 13.1 Å². The molecule has 3 heteroatoms. The molecule has 0 amide bonds. The summed E-state index contributed by atoms with van der Waals surface area (Å²) >= 11 is 3.15. The second kappa shape index (κ2) is 2.13. The molecule has 0 aromatic heterocycles. The molecule has 0 saturated carbocycles. The maximum absolute atomic E-state index is 12.4. The van der Waals surface area contributed by atoms with Crippen LogP contribution in [0.2, 0.25) is 0 Å². The summed E-state index contributed by atoms with van der Waals surface area (Å²) in [7, 11) is 0. The summed E-state index contributed by atoms with van der Waals surface area (Å²) in [6.07, 6.45) is -0.760. The molecule has 0 aromatic carbocycles. The van der Waals surface area contributed by atoms with E-state index in [1.807, 2.05) is 6.92 Å². The molecule has 0 spiro atoms. The van der Waals surface area contributed by atoms with Gasteiger partial charge in [-0.15, -0.1) is 0 Å². The molecule has 1 rings (SSSR count). The first-order valence-corrected chi connectivity index (χ1v) is 3.35. The van der Waals surface area contributed by atoms with Gasteiger partial charge >= 0.3 is 0 Å². The Hall–Kier alpha value is 0.0800. The quantitative estimate of drug-likeness (QED) is 0.538. The van der Waals surface area contributed by atoms with Gasteiger partial charge in [-0.25, -0.2) is 4.39 Å². The summed E-state index contributed by atoms with van der Waals surface area (Å²) in [5.74, 6) is -0.0185. The van der Waals surface area contributed by atoms with Crippen LogP contribution in [0.4, 0.5) is 4.39 Å². The number of nitrogens with zero attached hydrogens (tertiary/aromatic N) is 1. The van der Waals surface area contributed by atoms with Crippen LogP contribution in [0.3, 0.4) is 0 Å². The highest BCUT2D eigenvalue weighted by atomic mass is 79.9. The molecule has 8 heavy (non-hydrogen) atoms. The average molecular weight is 180 g/mol. The van der Waals surface area contributed by atoms with Crippen LogP contribution in [-0.2, 0) is 0 Å². The fourth-order valence-electron chi connectivity index (χ4n) is 0.626. The van der Waals surface area contributed by atoms with Crippen molar-refractivity contribution in [3.8, 4) is 0 Å². The largest absolute Gasteiger partial charge is 0.279 e. The zero-order valence-electron chi connectivity index (χ0n) is 4.56. The minimum Gasteiger partial charge on any atom is -0.279 e. The van der Waals surface area contributed by atoms with E-state index in [0.29, 0.717) is 6.54 Å². The van der Waals surface area contributed by atoms with Crippen molar-refractivity contribution < 1.29 is 4.39 Å². The third-order valence-electron chi connectivity index (χ3n) is 1.34. The van der Waals surface area contributed by atoms with Crippen molar-refractivity contribution in [1.82, 2.24) is 0 Å². The SMILES string of the molecule is CC1C(Br)=NCC1F. The van der Waals surface area contributed by atoms with Crippen molar-refractivity contribution in [1.29, 1.82) is 0 Å². The van der Waals surface area contributed by atoms with Gasteiger partial charge in [0.05, 0.1) is 11.2 Å². The van der Waals surface area contributed by atoms with Gasteiger partial charge in [-0.1, -0.05) is 6.92 Å². The molecule has 1 aliphatic rings. The maximum atomic E-state index is 12.4. The maximum Gasteiger partial charge on any atom is 0.128 e. The summed E-state index contributed by atoms with van der Waals surface area (Å²) < 4.78 is 13.2. The fourth-order valence-corrected chi connectivity index (χ4v) is 1.06. The summed E-state index contributed by atoms with van der Waals surface area (Å²) in [6.45, 7) is 2.16. The number of aliphatic imine (C=N–C) groups is 1. The molecule has 2 atom stereocenters. The molecule has 0 fully saturated rings. The van der Waals surface area contributed by atoms with Crippen molar-refractivity contribution in [2.24, 2.45) is 10.9 Å². The lowest BCUT2D eigenvalue weighted by Crippen LogP contribution is -2.12. The van der Waals surface area contributed by atoms with Gasteiger partial charge in [-0.3, -0.25) is 4.99 Å². The second-order valence-electron chi connectivity index (χ2n) is 1.97. The van der Waals surface area contributed by atoms with Crippen LogP contribution in [0.1, 0.15) is 6.92 Å². The summed E-state index contributed by atoms with van der Waals surface area (Å²) in [4.78, 5) is 3.86. The highest BCUT2D eigenvalue weighted by Crippen LogP contribution is 2.20. The predicted molar refractivity (Wildman–Crippen MR) is 35.3 cm³/mol. The molecular formula is C5H7BrFN. The van der Waals surface area contributed by atoms with Gasteiger partial charge < -0.3 is 0 Å². The lowest BCUT2D eigenvalue weighted by atomic mass is 10.1. The molecule has 0 aromatic rings. The van der Waals surface area contributed by atoms with Gasteiger partial charge in [0.1, 0.15) is 6.17 Å². The topological polar surface area (TPSA) is 12.4 Å². The first-order valence-electron chi connectivity index (χ1n) is 2.55. The molecule has 0 bridgehead atoms. The van der Waals surface area contributed by atoms with E-state index in [4.69, 9.17) is 0 Å². The predicted octanol–water partition coefficient (Wildman–Crippen LogP) is 1.77. The Morgan fingerprint density at radius 1 is 1.88 bits per heavy atom. The minimum atomic E-state index is -0.760. The molecule has 0 radical (unpaired) electrons. The molecule has 1 aliphatic heterocycles. The molecule has 1 heterocycles. The molecule has 0 N–H and O–H groups in total. The Bertz CT molecular complexity index is 124. The highest BCUT2D eigenvalue weighted by Gasteiger charge is 2.24. The Labute approximate surface area is 56.1 Å². The molecule has 2 unspecified atom stereocenters. The standard InChI is InChI=1S/C5H7BrFN/c1-3-4(7)2-8-5(3)6/h3-4H,2H2,1H3. The average Bonchev–Trinajstić information content (AvgIpc) is 1.98. The number of hydrogen-bond donors (Lipinski definition) is 0. The smallest absolute Gasteiger partial charge is 0.128 e. The van der Waals surface area contributed by atoms with E-state index in [2.05, 4.69) is 20.9 Å². The zero-order valence-corrected chi connectivity index (χ0v) is 6.15. The van der Waals surface area contributed by atoms with Crippen LogP contribution in [0, 0.1) is 5.92 Å². The minimum absolute atomic E-state index is 0.0185. The van der Waals surface area contributed by atoms with Gasteiger partial charge in [0, 0.05) is 5.92 Å². The van der Waals surface area contributed by atoms with Gasteiger partial charge in [0.15, 0.2) is 0 Å². The Kier molecular flexibility index (Phi) is 1.65. The van der Waals surface area contributed by atoms with Crippen LogP contribution in [0.5, 0.6) is 0 Å². The number of hydrogen-bond acceptors (Lipinski definition) is 1. The van der Waals surface area contributed by atoms with E-state index in [-0.39, 0.29) is 5.92 Å². The lowest BCUT2D eigenvalue weighted by molar-refractivity contribution is 0.314. The first-order chi connectivity index (χ1) is 3.72. The normalized spacial score (nSPS) is 37.6. The van der Waals surface area contributed by atoms with E-state index < -0.39 is 6.17 Å². The van der Waals surface area contributed by atoms with Gasteiger partial charge in [-0.05, 0) is 15.9 Å². The molecular weight excluding hydrogens is 173 g/mol. The van der Waals surface area contributed by atoms with Crippen molar-refractivity contribution in [2.75, 3.05) is 6.54 Å². The molecule has 1 nitrogen and oxygen atoms in total. The van der Waals surface area contributed by atoms with Gasteiger partial charge in [0.25, 0.3) is 0 Å². The van der Waals surface area contributed by atoms with E-state index in [1.54, 1.807) is 0 Å². The fraction of sp³-hybridized carbons (Fsp3) is 0.800. The Morgan fingerprint density at radius 2 is 2.50 bits per heavy atom. The third-order valence-corrected chi connectivity index (χ3v) is 2.31. The van der Waals surface area contributed by atoms with Crippen molar-refractivity contribution >= 4 is 20.6 Å². The zero-order chi connectivity index (χ0) is 6.15. The van der Waals surface area contributed by atoms with Crippen molar-refractivity contribution in [3.63, 3.8) is 0 Å². The van der Waals surface area contributed by atoms with Crippen LogP contribution in [0.15, 0.2) is 4.99 Å². The van der Waals surface area contributed by atoms with Crippen molar-refractivity contribution in [3.05, 3.63) is 0 Å². The number of halogens is 2. The Balaban J connectivity index is 2.59.